The lowest BCUT2D eigenvalue weighted by Crippen LogP contribution is -2.49. The second kappa shape index (κ2) is 10.2. The minimum Gasteiger partial charge on any atom is -0.352 e. The highest BCUT2D eigenvalue weighted by Gasteiger charge is 2.30. The average Bonchev–Trinajstić information content (AvgIpc) is 2.67. The molecule has 2 unspecified atom stereocenters. The van der Waals surface area contributed by atoms with Gasteiger partial charge in [0.25, 0.3) is 0 Å². The van der Waals surface area contributed by atoms with E-state index in [1.165, 1.54) is 12.1 Å². The lowest BCUT2D eigenvalue weighted by molar-refractivity contribution is -0.135. The summed E-state index contributed by atoms with van der Waals surface area (Å²) in [5, 5.41) is 5.93. The van der Waals surface area contributed by atoms with Crippen molar-refractivity contribution in [1.82, 2.24) is 15.5 Å². The van der Waals surface area contributed by atoms with Crippen LogP contribution in [0.4, 0.5) is 9.18 Å². The number of amides is 3. The topological polar surface area (TPSA) is 87.5 Å². The first-order valence-electron chi connectivity index (χ1n) is 9.32. The van der Waals surface area contributed by atoms with Gasteiger partial charge in [0.1, 0.15) is 5.82 Å². The van der Waals surface area contributed by atoms with Crippen molar-refractivity contribution in [2.24, 2.45) is 5.73 Å². The molecule has 0 bridgehead atoms. The normalized spacial score (nSPS) is 17.2. The van der Waals surface area contributed by atoms with Crippen LogP contribution in [0.3, 0.4) is 0 Å². The maximum absolute atomic E-state index is 13.7. The number of carbonyl (C=O) groups is 2. The van der Waals surface area contributed by atoms with Crippen LogP contribution in [0.2, 0.25) is 0 Å². The first kappa shape index (κ1) is 22.6. The zero-order chi connectivity index (χ0) is 20.1. The van der Waals surface area contributed by atoms with Gasteiger partial charge in [-0.2, -0.15) is 0 Å². The Morgan fingerprint density at radius 2 is 2.03 bits per heavy atom. The molecule has 3 rings (SSSR count). The molecule has 29 heavy (non-hydrogen) atoms. The lowest BCUT2D eigenvalue weighted by atomic mass is 9.98. The number of rotatable bonds is 5. The van der Waals surface area contributed by atoms with Gasteiger partial charge >= 0.3 is 6.03 Å². The van der Waals surface area contributed by atoms with Gasteiger partial charge in [0.2, 0.25) is 5.91 Å². The second-order valence-corrected chi connectivity index (χ2v) is 7.04. The fourth-order valence-corrected chi connectivity index (χ4v) is 3.62. The van der Waals surface area contributed by atoms with E-state index in [-0.39, 0.29) is 36.6 Å². The highest BCUT2D eigenvalue weighted by atomic mass is 35.5. The van der Waals surface area contributed by atoms with Crippen molar-refractivity contribution in [2.45, 2.75) is 25.4 Å². The molecule has 1 aliphatic rings. The van der Waals surface area contributed by atoms with Crippen LogP contribution >= 0.6 is 12.4 Å². The summed E-state index contributed by atoms with van der Waals surface area (Å²) < 4.78 is 13.7. The van der Waals surface area contributed by atoms with Crippen LogP contribution in [0.5, 0.6) is 0 Å². The molecule has 0 spiro atoms. The molecule has 3 amide bonds. The highest BCUT2D eigenvalue weighted by Crippen LogP contribution is 2.26. The number of hydrogen-bond acceptors (Lipinski definition) is 3. The van der Waals surface area contributed by atoms with Gasteiger partial charge in [0.15, 0.2) is 0 Å². The van der Waals surface area contributed by atoms with Crippen LogP contribution in [-0.4, -0.2) is 36.5 Å². The summed E-state index contributed by atoms with van der Waals surface area (Å²) in [6, 6.07) is 12.5. The second-order valence-electron chi connectivity index (χ2n) is 7.04. The van der Waals surface area contributed by atoms with Gasteiger partial charge in [0.05, 0.1) is 18.5 Å². The van der Waals surface area contributed by atoms with Crippen LogP contribution in [0.1, 0.15) is 35.2 Å². The monoisotopic (exact) mass is 420 g/mol. The van der Waals surface area contributed by atoms with Crippen molar-refractivity contribution in [3.63, 3.8) is 0 Å². The van der Waals surface area contributed by atoms with E-state index in [9.17, 15) is 14.0 Å². The van der Waals surface area contributed by atoms with E-state index in [1.807, 2.05) is 37.3 Å². The highest BCUT2D eigenvalue weighted by molar-refractivity contribution is 5.85. The molecule has 0 aromatic heterocycles. The molecular formula is C21H26ClFN4O2. The van der Waals surface area contributed by atoms with Crippen molar-refractivity contribution >= 4 is 24.3 Å². The van der Waals surface area contributed by atoms with E-state index in [4.69, 9.17) is 5.73 Å². The average molecular weight is 421 g/mol. The third kappa shape index (κ3) is 5.92. The predicted octanol–water partition coefficient (Wildman–Crippen LogP) is 2.83. The maximum Gasteiger partial charge on any atom is 0.312 e. The fourth-order valence-electron chi connectivity index (χ4n) is 3.62. The Hall–Kier alpha value is -2.64. The standard InChI is InChI=1S/C21H25FN4O2.ClH/c1-14-4-2-5-15(10-14)18(25-21(23)28)12-20(27)26-9-8-24-13-19(26)16-6-3-7-17(22)11-16;/h2-7,10-11,18-19,24H,8-9,12-13H2,1H3,(H3,23,25,28);1H. The molecule has 2 aromatic rings. The SMILES string of the molecule is Cc1cccc(C(CC(=O)N2CCNCC2c2cccc(F)c2)NC(N)=O)c1.Cl. The largest absolute Gasteiger partial charge is 0.352 e. The molecule has 1 saturated heterocycles. The molecule has 8 heteroatoms. The van der Waals surface area contributed by atoms with E-state index in [0.29, 0.717) is 19.6 Å². The fraction of sp³-hybridized carbons (Fsp3) is 0.333. The molecule has 4 N–H and O–H groups in total. The van der Waals surface area contributed by atoms with Gasteiger partial charge in [0, 0.05) is 19.6 Å². The molecule has 156 valence electrons. The number of aryl methyl sites for hydroxylation is 1. The molecule has 1 fully saturated rings. The van der Waals surface area contributed by atoms with E-state index in [2.05, 4.69) is 10.6 Å². The van der Waals surface area contributed by atoms with Crippen LogP contribution in [-0.2, 0) is 4.79 Å². The molecule has 2 atom stereocenters. The number of halogens is 2. The Kier molecular flexibility index (Phi) is 7.99. The Balaban J connectivity index is 0.00000300. The minimum atomic E-state index is -0.679. The van der Waals surface area contributed by atoms with Crippen molar-refractivity contribution in [3.05, 3.63) is 71.0 Å². The molecule has 2 aromatic carbocycles. The van der Waals surface area contributed by atoms with Gasteiger partial charge in [-0.05, 0) is 30.2 Å². The summed E-state index contributed by atoms with van der Waals surface area (Å²) in [6.07, 6.45) is 0.0816. The predicted molar refractivity (Wildman–Crippen MR) is 112 cm³/mol. The van der Waals surface area contributed by atoms with Gasteiger partial charge in [-0.25, -0.2) is 9.18 Å². The third-order valence-corrected chi connectivity index (χ3v) is 4.94. The molecule has 1 heterocycles. The lowest BCUT2D eigenvalue weighted by Gasteiger charge is -2.37. The first-order chi connectivity index (χ1) is 13.4. The summed E-state index contributed by atoms with van der Waals surface area (Å²) in [5.41, 5.74) is 7.93. The quantitative estimate of drug-likeness (QED) is 0.695. The molecule has 0 radical (unpaired) electrons. The van der Waals surface area contributed by atoms with Crippen molar-refractivity contribution in [1.29, 1.82) is 0 Å². The van der Waals surface area contributed by atoms with E-state index in [1.54, 1.807) is 11.0 Å². The Morgan fingerprint density at radius 3 is 2.72 bits per heavy atom. The molecule has 6 nitrogen and oxygen atoms in total. The number of nitrogens with two attached hydrogens (primary N) is 1. The maximum atomic E-state index is 13.7. The number of piperazine rings is 1. The number of carbonyl (C=O) groups excluding carboxylic acids is 2. The number of primary amides is 1. The van der Waals surface area contributed by atoms with Crippen LogP contribution in [0.15, 0.2) is 48.5 Å². The van der Waals surface area contributed by atoms with Crippen molar-refractivity contribution in [3.8, 4) is 0 Å². The Labute approximate surface area is 176 Å². The third-order valence-electron chi connectivity index (χ3n) is 4.94. The summed E-state index contributed by atoms with van der Waals surface area (Å²) in [6.45, 7) is 3.67. The Bertz CT molecular complexity index is 864. The van der Waals surface area contributed by atoms with Crippen LogP contribution in [0.25, 0.3) is 0 Å². The molecular weight excluding hydrogens is 395 g/mol. The molecule has 1 aliphatic heterocycles. The summed E-state index contributed by atoms with van der Waals surface area (Å²) in [4.78, 5) is 26.4. The van der Waals surface area contributed by atoms with E-state index >= 15 is 0 Å². The number of urea groups is 1. The number of nitrogens with zero attached hydrogens (tertiary/aromatic N) is 1. The van der Waals surface area contributed by atoms with E-state index in [0.717, 1.165) is 16.7 Å². The van der Waals surface area contributed by atoms with Gasteiger partial charge in [-0.15, -0.1) is 12.4 Å². The van der Waals surface area contributed by atoms with Gasteiger partial charge in [-0.3, -0.25) is 4.79 Å². The number of hydrogen-bond donors (Lipinski definition) is 3. The van der Waals surface area contributed by atoms with Crippen LogP contribution in [0, 0.1) is 12.7 Å². The van der Waals surface area contributed by atoms with Crippen molar-refractivity contribution in [2.75, 3.05) is 19.6 Å². The molecule has 0 saturated carbocycles. The summed E-state index contributed by atoms with van der Waals surface area (Å²) in [5.74, 6) is -0.445. The summed E-state index contributed by atoms with van der Waals surface area (Å²) in [7, 11) is 0. The first-order valence-corrected chi connectivity index (χ1v) is 9.32. The zero-order valence-corrected chi connectivity index (χ0v) is 17.0. The number of nitrogens with one attached hydrogen (secondary N) is 2. The zero-order valence-electron chi connectivity index (χ0n) is 16.2. The van der Waals surface area contributed by atoms with Gasteiger partial charge in [-0.1, -0.05) is 42.0 Å². The van der Waals surface area contributed by atoms with Crippen LogP contribution < -0.4 is 16.4 Å². The molecule has 0 aliphatic carbocycles. The number of benzene rings is 2. The smallest absolute Gasteiger partial charge is 0.312 e. The van der Waals surface area contributed by atoms with Crippen molar-refractivity contribution < 1.29 is 14.0 Å². The Morgan fingerprint density at radius 1 is 1.28 bits per heavy atom. The van der Waals surface area contributed by atoms with E-state index < -0.39 is 12.1 Å². The minimum absolute atomic E-state index is 0. The summed E-state index contributed by atoms with van der Waals surface area (Å²) >= 11 is 0. The van der Waals surface area contributed by atoms with Gasteiger partial charge < -0.3 is 21.3 Å².